The van der Waals surface area contributed by atoms with Gasteiger partial charge in [0.05, 0.1) is 0 Å². The van der Waals surface area contributed by atoms with Crippen molar-refractivity contribution >= 4 is 5.91 Å². The highest BCUT2D eigenvalue weighted by Crippen LogP contribution is 2.27. The first-order chi connectivity index (χ1) is 8.72. The minimum absolute atomic E-state index is 0.400. The largest absolute Gasteiger partial charge is 0.337 e. The lowest BCUT2D eigenvalue weighted by Crippen LogP contribution is -2.40. The third-order valence-corrected chi connectivity index (χ3v) is 4.71. The van der Waals surface area contributed by atoms with E-state index in [2.05, 4.69) is 24.1 Å². The Morgan fingerprint density at radius 2 is 2.17 bits per heavy atom. The molecule has 3 unspecified atom stereocenters. The summed E-state index contributed by atoms with van der Waals surface area (Å²) >= 11 is 0. The fourth-order valence-electron chi connectivity index (χ4n) is 3.55. The molecule has 0 aliphatic carbocycles. The fourth-order valence-corrected chi connectivity index (χ4v) is 3.55. The van der Waals surface area contributed by atoms with Crippen molar-refractivity contribution < 1.29 is 4.79 Å². The summed E-state index contributed by atoms with van der Waals surface area (Å²) in [6, 6.07) is 0.976. The third-order valence-electron chi connectivity index (χ3n) is 4.71. The zero-order valence-corrected chi connectivity index (χ0v) is 12.0. The number of likely N-dealkylation sites (tertiary alicyclic amines) is 1. The number of hydrogen-bond donors (Lipinski definition) is 1. The molecule has 2 heterocycles. The van der Waals surface area contributed by atoms with Crippen LogP contribution in [0.2, 0.25) is 0 Å². The van der Waals surface area contributed by atoms with Crippen LogP contribution >= 0.6 is 0 Å². The van der Waals surface area contributed by atoms with Crippen molar-refractivity contribution in [2.75, 3.05) is 13.1 Å². The summed E-state index contributed by atoms with van der Waals surface area (Å²) in [6.07, 6.45) is 7.91. The van der Waals surface area contributed by atoms with Gasteiger partial charge in [-0.25, -0.2) is 0 Å². The van der Waals surface area contributed by atoms with E-state index in [-0.39, 0.29) is 0 Å². The number of rotatable bonds is 4. The Kier molecular flexibility index (Phi) is 5.04. The van der Waals surface area contributed by atoms with E-state index in [1.807, 2.05) is 0 Å². The summed E-state index contributed by atoms with van der Waals surface area (Å²) in [5.41, 5.74) is 0. The number of piperidine rings is 1. The van der Waals surface area contributed by atoms with E-state index in [1.54, 1.807) is 0 Å². The Labute approximate surface area is 111 Å². The molecule has 2 fully saturated rings. The summed E-state index contributed by atoms with van der Waals surface area (Å²) in [6.45, 7) is 6.68. The van der Waals surface area contributed by atoms with Gasteiger partial charge in [-0.2, -0.15) is 0 Å². The lowest BCUT2D eigenvalue weighted by Gasteiger charge is -2.29. The average molecular weight is 252 g/mol. The van der Waals surface area contributed by atoms with Crippen LogP contribution in [0, 0.1) is 5.92 Å². The Morgan fingerprint density at radius 3 is 2.83 bits per heavy atom. The van der Waals surface area contributed by atoms with Gasteiger partial charge in [0.2, 0.25) is 5.91 Å². The smallest absolute Gasteiger partial charge is 0.223 e. The van der Waals surface area contributed by atoms with E-state index in [4.69, 9.17) is 0 Å². The number of hydrogen-bond acceptors (Lipinski definition) is 2. The molecular weight excluding hydrogens is 224 g/mol. The van der Waals surface area contributed by atoms with Crippen LogP contribution in [0.1, 0.15) is 58.8 Å². The minimum Gasteiger partial charge on any atom is -0.337 e. The van der Waals surface area contributed by atoms with Crippen molar-refractivity contribution in [1.82, 2.24) is 10.2 Å². The minimum atomic E-state index is 0.400. The van der Waals surface area contributed by atoms with Crippen LogP contribution in [-0.2, 0) is 4.79 Å². The Balaban J connectivity index is 1.79. The SMILES string of the molecule is CCC1CCC(C)N1C(=O)CCC1CCCNC1. The zero-order chi connectivity index (χ0) is 13.0. The third kappa shape index (κ3) is 3.25. The summed E-state index contributed by atoms with van der Waals surface area (Å²) in [4.78, 5) is 14.6. The van der Waals surface area contributed by atoms with E-state index in [0.717, 1.165) is 38.3 Å². The maximum absolute atomic E-state index is 12.4. The summed E-state index contributed by atoms with van der Waals surface area (Å²) in [5, 5.41) is 3.43. The molecule has 2 aliphatic rings. The molecule has 0 aromatic carbocycles. The summed E-state index contributed by atoms with van der Waals surface area (Å²) < 4.78 is 0. The highest BCUT2D eigenvalue weighted by molar-refractivity contribution is 5.77. The van der Waals surface area contributed by atoms with E-state index in [0.29, 0.717) is 18.0 Å². The lowest BCUT2D eigenvalue weighted by atomic mass is 9.94. The van der Waals surface area contributed by atoms with Crippen molar-refractivity contribution in [3.05, 3.63) is 0 Å². The molecule has 0 saturated carbocycles. The van der Waals surface area contributed by atoms with Gasteiger partial charge in [0.15, 0.2) is 0 Å². The van der Waals surface area contributed by atoms with Crippen molar-refractivity contribution in [3.63, 3.8) is 0 Å². The first-order valence-corrected chi connectivity index (χ1v) is 7.74. The number of nitrogens with one attached hydrogen (secondary N) is 1. The maximum atomic E-state index is 12.4. The Hall–Kier alpha value is -0.570. The molecule has 18 heavy (non-hydrogen) atoms. The highest BCUT2D eigenvalue weighted by Gasteiger charge is 2.32. The first-order valence-electron chi connectivity index (χ1n) is 7.74. The monoisotopic (exact) mass is 252 g/mol. The molecule has 1 N–H and O–H groups in total. The second-order valence-electron chi connectivity index (χ2n) is 6.04. The van der Waals surface area contributed by atoms with E-state index < -0.39 is 0 Å². The molecule has 0 bridgehead atoms. The first kappa shape index (κ1) is 13.9. The van der Waals surface area contributed by atoms with Crippen molar-refractivity contribution in [3.8, 4) is 0 Å². The van der Waals surface area contributed by atoms with Gasteiger partial charge in [-0.15, -0.1) is 0 Å². The van der Waals surface area contributed by atoms with Crippen molar-refractivity contribution in [2.24, 2.45) is 5.92 Å². The van der Waals surface area contributed by atoms with Crippen LogP contribution in [0.4, 0.5) is 0 Å². The number of nitrogens with zero attached hydrogens (tertiary/aromatic N) is 1. The fraction of sp³-hybridized carbons (Fsp3) is 0.933. The van der Waals surface area contributed by atoms with Crippen molar-refractivity contribution in [2.45, 2.75) is 70.9 Å². The molecule has 0 radical (unpaired) electrons. The van der Waals surface area contributed by atoms with Gasteiger partial charge in [0.1, 0.15) is 0 Å². The van der Waals surface area contributed by atoms with Crippen molar-refractivity contribution in [1.29, 1.82) is 0 Å². The number of carbonyl (C=O) groups is 1. The normalized spacial score (nSPS) is 32.8. The molecule has 3 atom stereocenters. The predicted octanol–water partition coefficient (Wildman–Crippen LogP) is 2.56. The van der Waals surface area contributed by atoms with Gasteiger partial charge in [0.25, 0.3) is 0 Å². The van der Waals surface area contributed by atoms with Gasteiger partial charge in [-0.1, -0.05) is 6.92 Å². The second kappa shape index (κ2) is 6.55. The molecular formula is C15H28N2O. The van der Waals surface area contributed by atoms with Crippen LogP contribution in [0.15, 0.2) is 0 Å². The molecule has 104 valence electrons. The summed E-state index contributed by atoms with van der Waals surface area (Å²) in [5.74, 6) is 1.12. The number of carbonyl (C=O) groups excluding carboxylic acids is 1. The van der Waals surface area contributed by atoms with Gasteiger partial charge in [-0.3, -0.25) is 4.79 Å². The molecule has 0 spiro atoms. The molecule has 2 aliphatic heterocycles. The molecule has 1 amide bonds. The highest BCUT2D eigenvalue weighted by atomic mass is 16.2. The topological polar surface area (TPSA) is 32.3 Å². The zero-order valence-electron chi connectivity index (χ0n) is 12.0. The quantitative estimate of drug-likeness (QED) is 0.834. The van der Waals surface area contributed by atoms with Gasteiger partial charge in [-0.05, 0) is 64.5 Å². The van der Waals surface area contributed by atoms with E-state index in [9.17, 15) is 4.79 Å². The molecule has 2 saturated heterocycles. The van der Waals surface area contributed by atoms with E-state index in [1.165, 1.54) is 25.7 Å². The van der Waals surface area contributed by atoms with Crippen LogP contribution < -0.4 is 5.32 Å². The molecule has 3 heteroatoms. The van der Waals surface area contributed by atoms with Crippen LogP contribution in [0.3, 0.4) is 0 Å². The van der Waals surface area contributed by atoms with Gasteiger partial charge < -0.3 is 10.2 Å². The van der Waals surface area contributed by atoms with Gasteiger partial charge in [0, 0.05) is 18.5 Å². The average Bonchev–Trinajstić information content (AvgIpc) is 2.78. The lowest BCUT2D eigenvalue weighted by molar-refractivity contribution is -0.134. The van der Waals surface area contributed by atoms with Gasteiger partial charge >= 0.3 is 0 Å². The molecule has 2 rings (SSSR count). The Bertz CT molecular complexity index is 274. The predicted molar refractivity (Wildman–Crippen MR) is 74.4 cm³/mol. The van der Waals surface area contributed by atoms with Crippen LogP contribution in [0.5, 0.6) is 0 Å². The Morgan fingerprint density at radius 1 is 1.33 bits per heavy atom. The maximum Gasteiger partial charge on any atom is 0.223 e. The van der Waals surface area contributed by atoms with E-state index >= 15 is 0 Å². The molecule has 0 aromatic rings. The second-order valence-corrected chi connectivity index (χ2v) is 6.04. The van der Waals surface area contributed by atoms with Crippen LogP contribution in [0.25, 0.3) is 0 Å². The standard InChI is InChI=1S/C15H28N2O/c1-3-14-8-6-12(2)17(14)15(18)9-7-13-5-4-10-16-11-13/h12-14,16H,3-11H2,1-2H3. The number of amides is 1. The molecule has 0 aromatic heterocycles. The van der Waals surface area contributed by atoms with Crippen LogP contribution in [-0.4, -0.2) is 36.0 Å². The molecule has 3 nitrogen and oxygen atoms in total. The summed E-state index contributed by atoms with van der Waals surface area (Å²) in [7, 11) is 0.